The van der Waals surface area contributed by atoms with Gasteiger partial charge in [0.05, 0.1) is 5.02 Å². The summed E-state index contributed by atoms with van der Waals surface area (Å²) in [7, 11) is 0. The molecule has 3 rings (SSSR count). The lowest BCUT2D eigenvalue weighted by Crippen LogP contribution is -2.15. The summed E-state index contributed by atoms with van der Waals surface area (Å²) in [6.45, 7) is 2.71. The van der Waals surface area contributed by atoms with Gasteiger partial charge in [0, 0.05) is 5.56 Å². The third-order valence-electron chi connectivity index (χ3n) is 3.68. The molecule has 5 heteroatoms. The normalized spacial score (nSPS) is 13.3. The Kier molecular flexibility index (Phi) is 4.54. The minimum absolute atomic E-state index is 0.0389. The number of carbonyl (C=O) groups is 1. The van der Waals surface area contributed by atoms with Crippen LogP contribution in [0.1, 0.15) is 21.5 Å². The number of nitriles is 1. The zero-order valence-corrected chi connectivity index (χ0v) is 13.8. The minimum Gasteiger partial charge on any atom is -0.486 e. The highest BCUT2D eigenvalue weighted by Crippen LogP contribution is 2.38. The summed E-state index contributed by atoms with van der Waals surface area (Å²) in [5.41, 5.74) is 1.98. The quantitative estimate of drug-likeness (QED) is 0.477. The molecule has 0 amide bonds. The summed E-state index contributed by atoms with van der Waals surface area (Å²) in [5.74, 6) is 0.686. The van der Waals surface area contributed by atoms with Gasteiger partial charge in [-0.2, -0.15) is 5.26 Å². The van der Waals surface area contributed by atoms with Gasteiger partial charge < -0.3 is 9.47 Å². The smallest absolute Gasteiger partial charge is 0.203 e. The molecular formula is C19H14ClNO3. The van der Waals surface area contributed by atoms with E-state index in [1.54, 1.807) is 24.3 Å². The summed E-state index contributed by atoms with van der Waals surface area (Å²) in [5, 5.41) is 9.78. The molecule has 1 aliphatic heterocycles. The molecule has 1 aliphatic rings. The molecular weight excluding hydrogens is 326 g/mol. The number of fused-ring (bicyclic) bond motifs is 1. The van der Waals surface area contributed by atoms with Crippen LogP contribution in [0, 0.1) is 18.3 Å². The maximum atomic E-state index is 12.6. The number of allylic oxidation sites excluding steroid dienone is 1. The van der Waals surface area contributed by atoms with E-state index in [2.05, 4.69) is 0 Å². The van der Waals surface area contributed by atoms with Crippen molar-refractivity contribution in [2.24, 2.45) is 0 Å². The van der Waals surface area contributed by atoms with E-state index in [9.17, 15) is 10.1 Å². The Hall–Kier alpha value is -2.77. The van der Waals surface area contributed by atoms with Crippen LogP contribution in [0.2, 0.25) is 5.02 Å². The highest BCUT2D eigenvalue weighted by molar-refractivity contribution is 6.32. The van der Waals surface area contributed by atoms with Crippen molar-refractivity contribution in [2.45, 2.75) is 6.92 Å². The zero-order valence-electron chi connectivity index (χ0n) is 13.0. The monoisotopic (exact) mass is 339 g/mol. The SMILES string of the molecule is Cc1ccccc1C(=O)/C(C#N)=C/c1cc(Cl)c2c(c1)OCCO2. The lowest BCUT2D eigenvalue weighted by atomic mass is 9.98. The first-order valence-electron chi connectivity index (χ1n) is 7.41. The second kappa shape index (κ2) is 6.77. The zero-order chi connectivity index (χ0) is 17.1. The average Bonchev–Trinajstić information content (AvgIpc) is 2.59. The second-order valence-corrected chi connectivity index (χ2v) is 5.75. The number of hydrogen-bond acceptors (Lipinski definition) is 4. The molecule has 1 heterocycles. The predicted molar refractivity (Wildman–Crippen MR) is 91.5 cm³/mol. The van der Waals surface area contributed by atoms with E-state index in [0.717, 1.165) is 5.56 Å². The highest BCUT2D eigenvalue weighted by atomic mass is 35.5. The van der Waals surface area contributed by atoms with Gasteiger partial charge in [0.2, 0.25) is 5.78 Å². The van der Waals surface area contributed by atoms with Crippen LogP contribution in [0.4, 0.5) is 0 Å². The first-order chi connectivity index (χ1) is 11.6. The van der Waals surface area contributed by atoms with Crippen molar-refractivity contribution in [2.75, 3.05) is 13.2 Å². The molecule has 0 atom stereocenters. The Morgan fingerprint density at radius 3 is 2.75 bits per heavy atom. The van der Waals surface area contributed by atoms with Gasteiger partial charge >= 0.3 is 0 Å². The fourth-order valence-corrected chi connectivity index (χ4v) is 2.78. The van der Waals surface area contributed by atoms with E-state index in [4.69, 9.17) is 21.1 Å². The van der Waals surface area contributed by atoms with Gasteiger partial charge in [-0.25, -0.2) is 0 Å². The summed E-state index contributed by atoms with van der Waals surface area (Å²) >= 11 is 6.19. The van der Waals surface area contributed by atoms with Crippen molar-refractivity contribution >= 4 is 23.5 Å². The van der Waals surface area contributed by atoms with Gasteiger partial charge in [0.15, 0.2) is 11.5 Å². The van der Waals surface area contributed by atoms with E-state index in [0.29, 0.717) is 40.9 Å². The molecule has 0 aliphatic carbocycles. The molecule has 2 aromatic carbocycles. The summed E-state index contributed by atoms with van der Waals surface area (Å²) < 4.78 is 11.0. The number of halogens is 1. The maximum Gasteiger partial charge on any atom is 0.203 e. The van der Waals surface area contributed by atoms with Gasteiger partial charge in [0.25, 0.3) is 0 Å². The second-order valence-electron chi connectivity index (χ2n) is 5.34. The van der Waals surface area contributed by atoms with Crippen molar-refractivity contribution in [3.05, 3.63) is 63.7 Å². The number of rotatable bonds is 3. The van der Waals surface area contributed by atoms with E-state index in [1.165, 1.54) is 6.08 Å². The van der Waals surface area contributed by atoms with Gasteiger partial charge in [-0.15, -0.1) is 0 Å². The Morgan fingerprint density at radius 1 is 1.25 bits per heavy atom. The Bertz CT molecular complexity index is 881. The molecule has 0 N–H and O–H groups in total. The van der Waals surface area contributed by atoms with E-state index in [1.807, 2.05) is 25.1 Å². The first-order valence-corrected chi connectivity index (χ1v) is 7.79. The molecule has 0 unspecified atom stereocenters. The van der Waals surface area contributed by atoms with Crippen molar-refractivity contribution in [1.82, 2.24) is 0 Å². The van der Waals surface area contributed by atoms with Gasteiger partial charge in [0.1, 0.15) is 24.9 Å². The molecule has 120 valence electrons. The van der Waals surface area contributed by atoms with Gasteiger partial charge in [-0.3, -0.25) is 4.79 Å². The molecule has 0 saturated carbocycles. The fourth-order valence-electron chi connectivity index (χ4n) is 2.50. The van der Waals surface area contributed by atoms with Gasteiger partial charge in [-0.05, 0) is 36.3 Å². The number of nitrogens with zero attached hydrogens (tertiary/aromatic N) is 1. The van der Waals surface area contributed by atoms with Crippen LogP contribution in [0.25, 0.3) is 6.08 Å². The summed E-state index contributed by atoms with van der Waals surface area (Å²) in [4.78, 5) is 12.6. The van der Waals surface area contributed by atoms with E-state index >= 15 is 0 Å². The third-order valence-corrected chi connectivity index (χ3v) is 3.97. The summed E-state index contributed by atoms with van der Waals surface area (Å²) in [6.07, 6.45) is 1.51. The topological polar surface area (TPSA) is 59.3 Å². The van der Waals surface area contributed by atoms with Crippen LogP contribution in [0.5, 0.6) is 11.5 Å². The molecule has 4 nitrogen and oxygen atoms in total. The molecule has 0 bridgehead atoms. The first kappa shape index (κ1) is 16.1. The Balaban J connectivity index is 2.00. The van der Waals surface area contributed by atoms with Crippen molar-refractivity contribution in [1.29, 1.82) is 5.26 Å². The number of hydrogen-bond donors (Lipinski definition) is 0. The van der Waals surface area contributed by atoms with Gasteiger partial charge in [-0.1, -0.05) is 35.9 Å². The molecule has 2 aromatic rings. The number of ether oxygens (including phenoxy) is 2. The molecule has 0 aromatic heterocycles. The highest BCUT2D eigenvalue weighted by Gasteiger charge is 2.18. The molecule has 0 saturated heterocycles. The number of ketones is 1. The van der Waals surface area contributed by atoms with Crippen molar-refractivity contribution in [3.63, 3.8) is 0 Å². The molecule has 0 fully saturated rings. The Labute approximate surface area is 144 Å². The number of carbonyl (C=O) groups excluding carboxylic acids is 1. The van der Waals surface area contributed by atoms with Crippen LogP contribution in [0.15, 0.2) is 42.0 Å². The number of Topliss-reactive ketones (excluding diaryl/α,β-unsaturated/α-hetero) is 1. The van der Waals surface area contributed by atoms with Crippen LogP contribution >= 0.6 is 11.6 Å². The lowest BCUT2D eigenvalue weighted by molar-refractivity contribution is 0.103. The van der Waals surface area contributed by atoms with Crippen LogP contribution in [-0.2, 0) is 0 Å². The molecule has 0 spiro atoms. The van der Waals surface area contributed by atoms with E-state index < -0.39 is 0 Å². The fraction of sp³-hybridized carbons (Fsp3) is 0.158. The number of benzene rings is 2. The van der Waals surface area contributed by atoms with Crippen molar-refractivity contribution < 1.29 is 14.3 Å². The average molecular weight is 340 g/mol. The van der Waals surface area contributed by atoms with E-state index in [-0.39, 0.29) is 11.4 Å². The Morgan fingerprint density at radius 2 is 2.00 bits per heavy atom. The van der Waals surface area contributed by atoms with Crippen LogP contribution in [-0.4, -0.2) is 19.0 Å². The summed E-state index contributed by atoms with van der Waals surface area (Å²) in [6, 6.07) is 12.5. The maximum absolute atomic E-state index is 12.6. The van der Waals surface area contributed by atoms with Crippen LogP contribution < -0.4 is 9.47 Å². The van der Waals surface area contributed by atoms with Crippen molar-refractivity contribution in [3.8, 4) is 17.6 Å². The number of aryl methyl sites for hydroxylation is 1. The molecule has 0 radical (unpaired) electrons. The molecule has 24 heavy (non-hydrogen) atoms. The largest absolute Gasteiger partial charge is 0.486 e. The standard InChI is InChI=1S/C19H14ClNO3/c1-12-4-2-3-5-15(12)18(22)14(11-21)8-13-9-16(20)19-17(10-13)23-6-7-24-19/h2-5,8-10H,6-7H2,1H3/b14-8+. The predicted octanol–water partition coefficient (Wildman–Crippen LogP) is 4.21. The lowest BCUT2D eigenvalue weighted by Gasteiger charge is -2.19. The third kappa shape index (κ3) is 3.12. The van der Waals surface area contributed by atoms with Crippen LogP contribution in [0.3, 0.4) is 0 Å². The minimum atomic E-state index is -0.318.